The molecule has 2 aliphatic rings. The highest BCUT2D eigenvalue weighted by Gasteiger charge is 2.48. The molecule has 0 spiro atoms. The van der Waals surface area contributed by atoms with E-state index in [0.717, 1.165) is 37.1 Å². The minimum absolute atomic E-state index is 0.0108. The Morgan fingerprint density at radius 3 is 2.62 bits per heavy atom. The van der Waals surface area contributed by atoms with E-state index in [9.17, 15) is 9.59 Å². The zero-order chi connectivity index (χ0) is 21.8. The maximum Gasteiger partial charge on any atom is 0.246 e. The normalized spacial score (nSPS) is 20.5. The first-order valence-electron chi connectivity index (χ1n) is 10.6. The summed E-state index contributed by atoms with van der Waals surface area (Å²) in [6, 6.07) is 19.4. The standard InChI is InChI=1S/C25H20BrN3O2S/c26-16-9-7-15(8-10-16)24-23-19(18-5-1-2-6-20(18)27-23)12-21-25(31)28(14-22(30)29(21)24)13-17-4-3-11-32-17/h1-11,21,24,27H,12-14H2. The molecule has 5 nitrogen and oxygen atoms in total. The fourth-order valence-corrected chi connectivity index (χ4v) is 6.02. The van der Waals surface area contributed by atoms with E-state index < -0.39 is 6.04 Å². The maximum atomic E-state index is 13.6. The molecule has 6 rings (SSSR count). The average Bonchev–Trinajstić information content (AvgIpc) is 3.44. The van der Waals surface area contributed by atoms with Crippen LogP contribution in [0.1, 0.15) is 27.7 Å². The summed E-state index contributed by atoms with van der Waals surface area (Å²) in [7, 11) is 0. The number of nitrogens with zero attached hydrogens (tertiary/aromatic N) is 2. The second-order valence-corrected chi connectivity index (χ2v) is 10.3. The smallest absolute Gasteiger partial charge is 0.246 e. The van der Waals surface area contributed by atoms with Crippen molar-refractivity contribution in [2.75, 3.05) is 6.54 Å². The van der Waals surface area contributed by atoms with E-state index in [1.165, 1.54) is 0 Å². The van der Waals surface area contributed by atoms with Gasteiger partial charge in [0.15, 0.2) is 0 Å². The highest BCUT2D eigenvalue weighted by molar-refractivity contribution is 9.10. The van der Waals surface area contributed by atoms with Crippen molar-refractivity contribution in [3.63, 3.8) is 0 Å². The number of thiophene rings is 1. The minimum atomic E-state index is -0.503. The van der Waals surface area contributed by atoms with Crippen LogP contribution in [0.25, 0.3) is 10.9 Å². The summed E-state index contributed by atoms with van der Waals surface area (Å²) in [5.41, 5.74) is 4.18. The van der Waals surface area contributed by atoms with Crippen LogP contribution in [0.2, 0.25) is 0 Å². The van der Waals surface area contributed by atoms with Crippen LogP contribution in [0.15, 0.2) is 70.5 Å². The van der Waals surface area contributed by atoms with Crippen molar-refractivity contribution in [1.29, 1.82) is 0 Å². The first kappa shape index (κ1) is 19.8. The van der Waals surface area contributed by atoms with E-state index in [0.29, 0.717) is 13.0 Å². The Kier molecular flexibility index (Phi) is 4.69. The molecular formula is C25H20BrN3O2S. The molecule has 2 aromatic carbocycles. The van der Waals surface area contributed by atoms with Gasteiger partial charge in [0.2, 0.25) is 11.8 Å². The number of carbonyl (C=O) groups is 2. The molecule has 0 saturated carbocycles. The molecule has 4 heterocycles. The molecule has 160 valence electrons. The summed E-state index contributed by atoms with van der Waals surface area (Å²) < 4.78 is 0.980. The number of benzene rings is 2. The highest BCUT2D eigenvalue weighted by Crippen LogP contribution is 2.42. The van der Waals surface area contributed by atoms with Crippen molar-refractivity contribution in [3.05, 3.63) is 92.2 Å². The van der Waals surface area contributed by atoms with E-state index >= 15 is 0 Å². The number of aromatic amines is 1. The van der Waals surface area contributed by atoms with Crippen molar-refractivity contribution in [2.45, 2.75) is 25.0 Å². The number of rotatable bonds is 3. The number of halogens is 1. The molecule has 2 aliphatic heterocycles. The Morgan fingerprint density at radius 2 is 1.84 bits per heavy atom. The number of hydrogen-bond acceptors (Lipinski definition) is 3. The zero-order valence-corrected chi connectivity index (χ0v) is 19.5. The number of hydrogen-bond donors (Lipinski definition) is 1. The second kappa shape index (κ2) is 7.60. The van der Waals surface area contributed by atoms with Gasteiger partial charge >= 0.3 is 0 Å². The van der Waals surface area contributed by atoms with Crippen LogP contribution in [0.3, 0.4) is 0 Å². The molecule has 1 fully saturated rings. The summed E-state index contributed by atoms with van der Waals surface area (Å²) in [6.45, 7) is 0.589. The summed E-state index contributed by atoms with van der Waals surface area (Å²) >= 11 is 5.12. The van der Waals surface area contributed by atoms with Crippen LogP contribution in [0.5, 0.6) is 0 Å². The van der Waals surface area contributed by atoms with Crippen molar-refractivity contribution in [1.82, 2.24) is 14.8 Å². The Hall–Kier alpha value is -2.90. The SMILES string of the molecule is O=C1C2Cc3c([nH]c4ccccc34)C(c3ccc(Br)cc3)N2C(=O)CN1Cc1cccs1. The molecular weight excluding hydrogens is 486 g/mol. The number of fused-ring (bicyclic) bond motifs is 4. The molecule has 7 heteroatoms. The van der Waals surface area contributed by atoms with E-state index in [4.69, 9.17) is 0 Å². The topological polar surface area (TPSA) is 56.4 Å². The summed E-state index contributed by atoms with van der Waals surface area (Å²) in [5, 5.41) is 3.13. The molecule has 2 atom stereocenters. The van der Waals surface area contributed by atoms with Crippen molar-refractivity contribution in [3.8, 4) is 0 Å². The fraction of sp³-hybridized carbons (Fsp3) is 0.200. The lowest BCUT2D eigenvalue weighted by atomic mass is 9.86. The first-order chi connectivity index (χ1) is 15.6. The lowest BCUT2D eigenvalue weighted by molar-refractivity contribution is -0.159. The zero-order valence-electron chi connectivity index (χ0n) is 17.1. The molecule has 0 radical (unpaired) electrons. The number of H-pyrrole nitrogens is 1. The van der Waals surface area contributed by atoms with Gasteiger partial charge in [-0.3, -0.25) is 9.59 Å². The van der Waals surface area contributed by atoms with Crippen molar-refractivity contribution in [2.24, 2.45) is 0 Å². The fourth-order valence-electron chi connectivity index (χ4n) is 5.04. The molecule has 2 unspecified atom stereocenters. The Labute approximate surface area is 197 Å². The lowest BCUT2D eigenvalue weighted by Crippen LogP contribution is -2.62. The highest BCUT2D eigenvalue weighted by atomic mass is 79.9. The number of piperazine rings is 1. The van der Waals surface area contributed by atoms with Gasteiger partial charge in [0.25, 0.3) is 0 Å². The Bertz CT molecular complexity index is 1330. The van der Waals surface area contributed by atoms with Crippen LogP contribution >= 0.6 is 27.3 Å². The van der Waals surface area contributed by atoms with Crippen LogP contribution in [0, 0.1) is 0 Å². The number of aromatic nitrogens is 1. The summed E-state index contributed by atoms with van der Waals surface area (Å²) in [5.74, 6) is 0.0134. The minimum Gasteiger partial charge on any atom is -0.356 e. The third kappa shape index (κ3) is 3.11. The first-order valence-corrected chi connectivity index (χ1v) is 12.2. The average molecular weight is 506 g/mol. The van der Waals surface area contributed by atoms with Gasteiger partial charge in [-0.1, -0.05) is 52.3 Å². The molecule has 0 aliphatic carbocycles. The molecule has 2 amide bonds. The van der Waals surface area contributed by atoms with E-state index in [-0.39, 0.29) is 24.4 Å². The lowest BCUT2D eigenvalue weighted by Gasteiger charge is -2.47. The molecule has 2 aromatic heterocycles. The van der Waals surface area contributed by atoms with Crippen molar-refractivity contribution >= 4 is 50.0 Å². The van der Waals surface area contributed by atoms with Crippen LogP contribution in [-0.2, 0) is 22.6 Å². The van der Waals surface area contributed by atoms with Crippen LogP contribution in [0.4, 0.5) is 0 Å². The van der Waals surface area contributed by atoms with Gasteiger partial charge in [-0.05, 0) is 40.8 Å². The number of carbonyl (C=O) groups excluding carboxylic acids is 2. The molecule has 0 bridgehead atoms. The number of nitrogens with one attached hydrogen (secondary N) is 1. The molecule has 1 saturated heterocycles. The van der Waals surface area contributed by atoms with Gasteiger partial charge in [0.05, 0.1) is 12.6 Å². The van der Waals surface area contributed by atoms with Gasteiger partial charge in [0.1, 0.15) is 12.6 Å². The molecule has 4 aromatic rings. The third-order valence-corrected chi connectivity index (χ3v) is 7.84. The summed E-state index contributed by atoms with van der Waals surface area (Å²) in [6.07, 6.45) is 0.526. The number of amides is 2. The van der Waals surface area contributed by atoms with Gasteiger partial charge < -0.3 is 14.8 Å². The summed E-state index contributed by atoms with van der Waals surface area (Å²) in [4.78, 5) is 35.3. The Morgan fingerprint density at radius 1 is 1.03 bits per heavy atom. The van der Waals surface area contributed by atoms with E-state index in [1.807, 2.05) is 58.8 Å². The molecule has 1 N–H and O–H groups in total. The van der Waals surface area contributed by atoms with Crippen molar-refractivity contribution < 1.29 is 9.59 Å². The van der Waals surface area contributed by atoms with Crippen LogP contribution < -0.4 is 0 Å². The van der Waals surface area contributed by atoms with Gasteiger partial charge in [-0.15, -0.1) is 11.3 Å². The monoisotopic (exact) mass is 505 g/mol. The van der Waals surface area contributed by atoms with Crippen LogP contribution in [-0.4, -0.2) is 39.2 Å². The third-order valence-electron chi connectivity index (χ3n) is 6.45. The predicted octanol–water partition coefficient (Wildman–Crippen LogP) is 4.88. The quantitative estimate of drug-likeness (QED) is 0.431. The largest absolute Gasteiger partial charge is 0.356 e. The van der Waals surface area contributed by atoms with Gasteiger partial charge in [-0.25, -0.2) is 0 Å². The predicted molar refractivity (Wildman–Crippen MR) is 128 cm³/mol. The van der Waals surface area contributed by atoms with E-state index in [2.05, 4.69) is 33.0 Å². The van der Waals surface area contributed by atoms with E-state index in [1.54, 1.807) is 16.2 Å². The van der Waals surface area contributed by atoms with Gasteiger partial charge in [0, 0.05) is 32.4 Å². The maximum absolute atomic E-state index is 13.6. The second-order valence-electron chi connectivity index (χ2n) is 8.31. The number of para-hydroxylation sites is 1. The van der Waals surface area contributed by atoms with Gasteiger partial charge in [-0.2, -0.15) is 0 Å². The molecule has 32 heavy (non-hydrogen) atoms. The Balaban J connectivity index is 1.48.